The summed E-state index contributed by atoms with van der Waals surface area (Å²) in [6, 6.07) is 2.45. The van der Waals surface area contributed by atoms with Crippen LogP contribution in [0.15, 0.2) is 5.11 Å². The number of hydrogen-bond acceptors (Lipinski definition) is 3. The van der Waals surface area contributed by atoms with Gasteiger partial charge in [0.2, 0.25) is 0 Å². The molecule has 1 aliphatic carbocycles. The van der Waals surface area contributed by atoms with Crippen LogP contribution in [-0.2, 0) is 0 Å². The van der Waals surface area contributed by atoms with Gasteiger partial charge in [-0.25, -0.2) is 0 Å². The van der Waals surface area contributed by atoms with Crippen molar-refractivity contribution in [3.63, 3.8) is 0 Å². The Labute approximate surface area is 103 Å². The SMILES string of the molecule is CC1(C)CCCC(C#N)(NCCCN=[N+]=[N-])C1. The van der Waals surface area contributed by atoms with Gasteiger partial charge in [0.15, 0.2) is 0 Å². The fourth-order valence-corrected chi connectivity index (χ4v) is 2.67. The van der Waals surface area contributed by atoms with E-state index < -0.39 is 0 Å². The minimum atomic E-state index is -0.377. The van der Waals surface area contributed by atoms with Crippen molar-refractivity contribution in [2.45, 2.75) is 51.5 Å². The maximum absolute atomic E-state index is 9.38. The molecular weight excluding hydrogens is 214 g/mol. The van der Waals surface area contributed by atoms with E-state index in [2.05, 4.69) is 35.3 Å². The van der Waals surface area contributed by atoms with Crippen molar-refractivity contribution in [3.05, 3.63) is 10.4 Å². The van der Waals surface area contributed by atoms with Crippen molar-refractivity contribution in [2.24, 2.45) is 10.5 Å². The first kappa shape index (κ1) is 13.8. The van der Waals surface area contributed by atoms with Gasteiger partial charge in [-0.05, 0) is 43.2 Å². The Bertz CT molecular complexity index is 337. The molecule has 1 aliphatic rings. The molecule has 1 rings (SSSR count). The van der Waals surface area contributed by atoms with Gasteiger partial charge in [-0.1, -0.05) is 25.4 Å². The van der Waals surface area contributed by atoms with Gasteiger partial charge >= 0.3 is 0 Å². The summed E-state index contributed by atoms with van der Waals surface area (Å²) in [7, 11) is 0. The molecule has 1 unspecified atom stereocenters. The van der Waals surface area contributed by atoms with Crippen LogP contribution >= 0.6 is 0 Å². The highest BCUT2D eigenvalue weighted by atomic mass is 15.1. The molecule has 5 heteroatoms. The van der Waals surface area contributed by atoms with E-state index >= 15 is 0 Å². The van der Waals surface area contributed by atoms with Crippen molar-refractivity contribution in [1.29, 1.82) is 5.26 Å². The van der Waals surface area contributed by atoms with Crippen LogP contribution in [0.25, 0.3) is 10.4 Å². The zero-order chi connectivity index (χ0) is 12.8. The maximum Gasteiger partial charge on any atom is 0.107 e. The second-order valence-corrected chi connectivity index (χ2v) is 5.62. The van der Waals surface area contributed by atoms with Gasteiger partial charge in [0.1, 0.15) is 5.54 Å². The van der Waals surface area contributed by atoms with Crippen molar-refractivity contribution in [1.82, 2.24) is 5.32 Å². The van der Waals surface area contributed by atoms with E-state index in [9.17, 15) is 5.26 Å². The topological polar surface area (TPSA) is 84.6 Å². The van der Waals surface area contributed by atoms with E-state index in [4.69, 9.17) is 5.53 Å². The van der Waals surface area contributed by atoms with Gasteiger partial charge in [0.05, 0.1) is 6.07 Å². The summed E-state index contributed by atoms with van der Waals surface area (Å²) in [6.45, 7) is 5.68. The third kappa shape index (κ3) is 4.26. The Morgan fingerprint density at radius 1 is 1.47 bits per heavy atom. The van der Waals surface area contributed by atoms with Crippen molar-refractivity contribution >= 4 is 0 Å². The molecule has 17 heavy (non-hydrogen) atoms. The average molecular weight is 235 g/mol. The van der Waals surface area contributed by atoms with Crippen LogP contribution in [0.4, 0.5) is 0 Å². The quantitative estimate of drug-likeness (QED) is 0.343. The van der Waals surface area contributed by atoms with Crippen LogP contribution in [0.3, 0.4) is 0 Å². The highest BCUT2D eigenvalue weighted by molar-refractivity contribution is 5.11. The summed E-state index contributed by atoms with van der Waals surface area (Å²) >= 11 is 0. The Morgan fingerprint density at radius 3 is 2.82 bits per heavy atom. The molecule has 0 aromatic heterocycles. The van der Waals surface area contributed by atoms with Crippen LogP contribution in [-0.4, -0.2) is 18.6 Å². The second kappa shape index (κ2) is 5.90. The zero-order valence-corrected chi connectivity index (χ0v) is 10.7. The first-order chi connectivity index (χ1) is 8.04. The Balaban J connectivity index is 2.46. The molecule has 0 amide bonds. The van der Waals surface area contributed by atoms with Crippen LogP contribution in [0.5, 0.6) is 0 Å². The molecule has 0 saturated heterocycles. The molecule has 0 aliphatic heterocycles. The maximum atomic E-state index is 9.38. The molecule has 0 heterocycles. The van der Waals surface area contributed by atoms with Crippen molar-refractivity contribution in [3.8, 4) is 6.07 Å². The largest absolute Gasteiger partial charge is 0.299 e. The van der Waals surface area contributed by atoms with Crippen LogP contribution in [0.1, 0.15) is 46.0 Å². The molecule has 5 nitrogen and oxygen atoms in total. The molecule has 0 bridgehead atoms. The number of nitrogens with one attached hydrogen (secondary N) is 1. The van der Waals surface area contributed by atoms with E-state index in [0.717, 1.165) is 32.2 Å². The minimum Gasteiger partial charge on any atom is -0.299 e. The third-order valence-corrected chi connectivity index (χ3v) is 3.41. The van der Waals surface area contributed by atoms with Gasteiger partial charge in [-0.2, -0.15) is 5.26 Å². The lowest BCUT2D eigenvalue weighted by molar-refractivity contribution is 0.158. The number of azide groups is 1. The summed E-state index contributed by atoms with van der Waals surface area (Å²) in [5.41, 5.74) is 8.03. The van der Waals surface area contributed by atoms with Gasteiger partial charge in [-0.3, -0.25) is 5.32 Å². The van der Waals surface area contributed by atoms with Gasteiger partial charge in [0, 0.05) is 11.5 Å². The molecule has 0 radical (unpaired) electrons. The summed E-state index contributed by atoms with van der Waals surface area (Å²) < 4.78 is 0. The number of rotatable bonds is 5. The molecular formula is C12H21N5. The molecule has 1 fully saturated rings. The smallest absolute Gasteiger partial charge is 0.107 e. The van der Waals surface area contributed by atoms with E-state index in [-0.39, 0.29) is 11.0 Å². The Hall–Kier alpha value is -1.24. The minimum absolute atomic E-state index is 0.242. The molecule has 0 spiro atoms. The van der Waals surface area contributed by atoms with E-state index in [1.807, 2.05) is 0 Å². The van der Waals surface area contributed by atoms with Gasteiger partial charge in [0.25, 0.3) is 0 Å². The van der Waals surface area contributed by atoms with Crippen molar-refractivity contribution < 1.29 is 0 Å². The first-order valence-electron chi connectivity index (χ1n) is 6.21. The molecule has 1 atom stereocenters. The fourth-order valence-electron chi connectivity index (χ4n) is 2.67. The lowest BCUT2D eigenvalue weighted by atomic mass is 9.68. The van der Waals surface area contributed by atoms with Crippen LogP contribution < -0.4 is 5.32 Å². The van der Waals surface area contributed by atoms with Crippen LogP contribution in [0.2, 0.25) is 0 Å². The normalized spacial score (nSPS) is 26.9. The molecule has 1 saturated carbocycles. The fraction of sp³-hybridized carbons (Fsp3) is 0.917. The van der Waals surface area contributed by atoms with Crippen molar-refractivity contribution in [2.75, 3.05) is 13.1 Å². The highest BCUT2D eigenvalue weighted by Crippen LogP contribution is 2.40. The van der Waals surface area contributed by atoms with E-state index in [0.29, 0.717) is 6.54 Å². The average Bonchev–Trinajstić information content (AvgIpc) is 2.27. The highest BCUT2D eigenvalue weighted by Gasteiger charge is 2.39. The van der Waals surface area contributed by atoms with Gasteiger partial charge < -0.3 is 0 Å². The van der Waals surface area contributed by atoms with E-state index in [1.54, 1.807) is 0 Å². The summed E-state index contributed by atoms with van der Waals surface area (Å²) in [4.78, 5) is 2.71. The standard InChI is InChI=1S/C12H21N5/c1-11(2)5-3-6-12(9-11,10-13)15-7-4-8-16-17-14/h15H,3-9H2,1-2H3. The number of nitriles is 1. The number of nitrogens with zero attached hydrogens (tertiary/aromatic N) is 4. The first-order valence-corrected chi connectivity index (χ1v) is 6.21. The molecule has 0 aromatic rings. The molecule has 94 valence electrons. The molecule has 0 aromatic carbocycles. The lowest BCUT2D eigenvalue weighted by Gasteiger charge is -2.41. The van der Waals surface area contributed by atoms with Gasteiger partial charge in [-0.15, -0.1) is 0 Å². The Morgan fingerprint density at radius 2 is 2.24 bits per heavy atom. The summed E-state index contributed by atoms with van der Waals surface area (Å²) in [5.74, 6) is 0. The van der Waals surface area contributed by atoms with E-state index in [1.165, 1.54) is 6.42 Å². The monoisotopic (exact) mass is 235 g/mol. The second-order valence-electron chi connectivity index (χ2n) is 5.62. The summed E-state index contributed by atoms with van der Waals surface area (Å²) in [6.07, 6.45) is 4.90. The number of hydrogen-bond donors (Lipinski definition) is 1. The predicted octanol–water partition coefficient (Wildman–Crippen LogP) is 3.14. The predicted molar refractivity (Wildman–Crippen MR) is 67.2 cm³/mol. The zero-order valence-electron chi connectivity index (χ0n) is 10.7. The van der Waals surface area contributed by atoms with Crippen LogP contribution in [0, 0.1) is 16.7 Å². The summed E-state index contributed by atoms with van der Waals surface area (Å²) in [5, 5.41) is 16.2. The lowest BCUT2D eigenvalue weighted by Crippen LogP contribution is -2.50. The third-order valence-electron chi connectivity index (χ3n) is 3.41. The molecule has 1 N–H and O–H groups in total. The Kier molecular flexibility index (Phi) is 4.80.